The van der Waals surface area contributed by atoms with Crippen molar-refractivity contribution in [2.45, 2.75) is 41.9 Å². The molecule has 1 N–H and O–H groups in total. The Morgan fingerprint density at radius 1 is 1.08 bits per heavy atom. The zero-order valence-corrected chi connectivity index (χ0v) is 14.7. The summed E-state index contributed by atoms with van der Waals surface area (Å²) in [4.78, 5) is 2.18. The zero-order chi connectivity index (χ0) is 16.9. The van der Waals surface area contributed by atoms with Gasteiger partial charge in [0.15, 0.2) is 5.84 Å². The van der Waals surface area contributed by atoms with E-state index < -0.39 is 20.0 Å². The number of amidine groups is 1. The van der Waals surface area contributed by atoms with E-state index in [0.717, 1.165) is 12.8 Å². The SMILES string of the molecule is O=S1(=O)N=C(N2CCC(NS(=O)(=O)C3CC3)CC2)c2ccccc21. The summed E-state index contributed by atoms with van der Waals surface area (Å²) in [6.45, 7) is 1.17. The molecule has 130 valence electrons. The Balaban J connectivity index is 1.47. The van der Waals surface area contributed by atoms with Gasteiger partial charge in [-0.05, 0) is 37.8 Å². The van der Waals surface area contributed by atoms with E-state index in [-0.39, 0.29) is 16.2 Å². The molecule has 1 aromatic carbocycles. The molecular formula is C15H19N3O4S2. The quantitative estimate of drug-likeness (QED) is 0.845. The molecule has 1 aliphatic carbocycles. The summed E-state index contributed by atoms with van der Waals surface area (Å²) >= 11 is 0. The molecule has 1 aromatic rings. The summed E-state index contributed by atoms with van der Waals surface area (Å²) in [5.74, 6) is 0.481. The maximum atomic E-state index is 12.1. The number of likely N-dealkylation sites (tertiary alicyclic amines) is 1. The number of fused-ring (bicyclic) bond motifs is 1. The van der Waals surface area contributed by atoms with Gasteiger partial charge in [0.2, 0.25) is 10.0 Å². The van der Waals surface area contributed by atoms with E-state index in [2.05, 4.69) is 9.12 Å². The van der Waals surface area contributed by atoms with E-state index in [4.69, 9.17) is 0 Å². The molecule has 0 bridgehead atoms. The first-order chi connectivity index (χ1) is 11.4. The van der Waals surface area contributed by atoms with E-state index in [0.29, 0.717) is 37.3 Å². The van der Waals surface area contributed by atoms with Gasteiger partial charge in [0.25, 0.3) is 10.0 Å². The molecule has 3 aliphatic rings. The van der Waals surface area contributed by atoms with E-state index in [9.17, 15) is 16.8 Å². The van der Waals surface area contributed by atoms with Crippen LogP contribution < -0.4 is 4.72 Å². The Morgan fingerprint density at radius 3 is 2.42 bits per heavy atom. The molecule has 24 heavy (non-hydrogen) atoms. The molecule has 9 heteroatoms. The molecule has 0 aromatic heterocycles. The lowest BCUT2D eigenvalue weighted by molar-refractivity contribution is 0.302. The molecule has 1 saturated carbocycles. The Hall–Kier alpha value is -1.45. The molecule has 1 saturated heterocycles. The predicted octanol–water partition coefficient (Wildman–Crippen LogP) is 0.682. The minimum atomic E-state index is -3.61. The van der Waals surface area contributed by atoms with Gasteiger partial charge in [-0.2, -0.15) is 8.42 Å². The fraction of sp³-hybridized carbons (Fsp3) is 0.533. The lowest BCUT2D eigenvalue weighted by Crippen LogP contribution is -2.47. The Bertz CT molecular complexity index is 896. The van der Waals surface area contributed by atoms with Crippen molar-refractivity contribution in [3.8, 4) is 0 Å². The number of benzene rings is 1. The monoisotopic (exact) mass is 369 g/mol. The smallest absolute Gasteiger partial charge is 0.285 e. The van der Waals surface area contributed by atoms with Crippen molar-refractivity contribution in [3.63, 3.8) is 0 Å². The van der Waals surface area contributed by atoms with Crippen LogP contribution in [0.5, 0.6) is 0 Å². The summed E-state index contributed by atoms with van der Waals surface area (Å²) in [5.41, 5.74) is 0.634. The number of hydrogen-bond acceptors (Lipinski definition) is 5. The van der Waals surface area contributed by atoms with Gasteiger partial charge < -0.3 is 4.90 Å². The summed E-state index contributed by atoms with van der Waals surface area (Å²) in [7, 11) is -6.80. The van der Waals surface area contributed by atoms with Gasteiger partial charge in [0, 0.05) is 24.7 Å². The van der Waals surface area contributed by atoms with Crippen LogP contribution in [0.3, 0.4) is 0 Å². The van der Waals surface area contributed by atoms with Crippen LogP contribution in [0.15, 0.2) is 33.6 Å². The number of hydrogen-bond donors (Lipinski definition) is 1. The lowest BCUT2D eigenvalue weighted by Gasteiger charge is -2.33. The third kappa shape index (κ3) is 2.84. The van der Waals surface area contributed by atoms with Crippen LogP contribution in [0.25, 0.3) is 0 Å². The highest BCUT2D eigenvalue weighted by molar-refractivity contribution is 7.91. The minimum Gasteiger partial charge on any atom is -0.355 e. The highest BCUT2D eigenvalue weighted by atomic mass is 32.2. The molecule has 0 radical (unpaired) electrons. The number of sulfonamides is 2. The molecule has 0 spiro atoms. The van der Waals surface area contributed by atoms with Crippen LogP contribution in [0, 0.1) is 0 Å². The summed E-state index contributed by atoms with van der Waals surface area (Å²) in [6, 6.07) is 6.73. The molecule has 0 amide bonds. The van der Waals surface area contributed by atoms with Gasteiger partial charge in [-0.15, -0.1) is 4.40 Å². The third-order valence-electron chi connectivity index (χ3n) is 4.70. The molecule has 0 atom stereocenters. The number of piperidine rings is 1. The van der Waals surface area contributed by atoms with Gasteiger partial charge in [-0.25, -0.2) is 13.1 Å². The van der Waals surface area contributed by atoms with Crippen molar-refractivity contribution < 1.29 is 16.8 Å². The molecule has 4 rings (SSSR count). The second kappa shape index (κ2) is 5.53. The predicted molar refractivity (Wildman–Crippen MR) is 89.8 cm³/mol. The Labute approximate surface area is 141 Å². The Kier molecular flexibility index (Phi) is 3.70. The van der Waals surface area contributed by atoms with Crippen LogP contribution >= 0.6 is 0 Å². The maximum Gasteiger partial charge on any atom is 0.285 e. The fourth-order valence-electron chi connectivity index (χ4n) is 3.23. The lowest BCUT2D eigenvalue weighted by atomic mass is 10.0. The van der Waals surface area contributed by atoms with Crippen LogP contribution in [0.1, 0.15) is 31.2 Å². The van der Waals surface area contributed by atoms with E-state index in [1.54, 1.807) is 24.3 Å². The first-order valence-corrected chi connectivity index (χ1v) is 11.1. The number of nitrogens with one attached hydrogen (secondary N) is 1. The molecule has 7 nitrogen and oxygen atoms in total. The van der Waals surface area contributed by atoms with Crippen molar-refractivity contribution in [1.82, 2.24) is 9.62 Å². The van der Waals surface area contributed by atoms with Gasteiger partial charge in [0.1, 0.15) is 4.90 Å². The van der Waals surface area contributed by atoms with Crippen LogP contribution in [-0.4, -0.2) is 52.0 Å². The standard InChI is InChI=1S/C15H19N3O4S2/c19-23(20,12-5-6-12)16-11-7-9-18(10-8-11)15-13-3-1-2-4-14(13)24(21,22)17-15/h1-4,11-12,16H,5-10H2. The van der Waals surface area contributed by atoms with Gasteiger partial charge in [0.05, 0.1) is 5.25 Å². The Morgan fingerprint density at radius 2 is 1.75 bits per heavy atom. The molecular weight excluding hydrogens is 350 g/mol. The summed E-state index contributed by atoms with van der Waals surface area (Å²) < 4.78 is 55.0. The first kappa shape index (κ1) is 16.0. The van der Waals surface area contributed by atoms with E-state index in [1.165, 1.54) is 0 Å². The van der Waals surface area contributed by atoms with E-state index in [1.807, 2.05) is 4.90 Å². The van der Waals surface area contributed by atoms with Crippen molar-refractivity contribution in [2.24, 2.45) is 4.40 Å². The van der Waals surface area contributed by atoms with Crippen molar-refractivity contribution in [2.75, 3.05) is 13.1 Å². The van der Waals surface area contributed by atoms with Crippen LogP contribution in [0.2, 0.25) is 0 Å². The topological polar surface area (TPSA) is 95.9 Å². The average Bonchev–Trinajstić information content (AvgIpc) is 3.36. The van der Waals surface area contributed by atoms with Gasteiger partial charge in [-0.3, -0.25) is 0 Å². The summed E-state index contributed by atoms with van der Waals surface area (Å²) in [6.07, 6.45) is 2.79. The fourth-order valence-corrected chi connectivity index (χ4v) is 6.11. The number of nitrogens with zero attached hydrogens (tertiary/aromatic N) is 2. The first-order valence-electron chi connectivity index (χ1n) is 8.07. The average molecular weight is 369 g/mol. The minimum absolute atomic E-state index is 0.0827. The second-order valence-electron chi connectivity index (χ2n) is 6.51. The number of rotatable bonds is 3. The second-order valence-corrected chi connectivity index (χ2v) is 10.1. The van der Waals surface area contributed by atoms with Crippen molar-refractivity contribution in [1.29, 1.82) is 0 Å². The maximum absolute atomic E-state index is 12.1. The van der Waals surface area contributed by atoms with Crippen LogP contribution in [-0.2, 0) is 20.0 Å². The molecule has 2 heterocycles. The highest BCUT2D eigenvalue weighted by Crippen LogP contribution is 2.30. The zero-order valence-electron chi connectivity index (χ0n) is 13.1. The normalized spacial score (nSPS) is 23.8. The molecule has 2 aliphatic heterocycles. The van der Waals surface area contributed by atoms with Gasteiger partial charge >= 0.3 is 0 Å². The van der Waals surface area contributed by atoms with Crippen molar-refractivity contribution in [3.05, 3.63) is 29.8 Å². The highest BCUT2D eigenvalue weighted by Gasteiger charge is 2.38. The molecule has 0 unspecified atom stereocenters. The third-order valence-corrected chi connectivity index (χ3v) is 8.04. The van der Waals surface area contributed by atoms with Crippen LogP contribution in [0.4, 0.5) is 0 Å². The largest absolute Gasteiger partial charge is 0.355 e. The van der Waals surface area contributed by atoms with Crippen molar-refractivity contribution >= 4 is 25.9 Å². The summed E-state index contributed by atoms with van der Waals surface area (Å²) in [5, 5.41) is -0.216. The van der Waals surface area contributed by atoms with E-state index >= 15 is 0 Å². The van der Waals surface area contributed by atoms with Gasteiger partial charge in [-0.1, -0.05) is 12.1 Å². The molecule has 2 fully saturated rings.